The van der Waals surface area contributed by atoms with Crippen molar-refractivity contribution in [2.45, 2.75) is 32.1 Å². The minimum atomic E-state index is -0.804. The monoisotopic (exact) mass is 265 g/mol. The van der Waals surface area contributed by atoms with E-state index in [1.54, 1.807) is 0 Å². The number of amides is 1. The lowest BCUT2D eigenvalue weighted by Crippen LogP contribution is -2.55. The maximum atomic E-state index is 12.2. The Morgan fingerprint density at radius 3 is 2.05 bits per heavy atom. The van der Waals surface area contributed by atoms with E-state index >= 15 is 0 Å². The molecule has 2 unspecified atom stereocenters. The summed E-state index contributed by atoms with van der Waals surface area (Å²) in [7, 11) is 0. The van der Waals surface area contributed by atoms with Gasteiger partial charge in [0.25, 0.3) is 0 Å². The third kappa shape index (κ3) is 2.15. The third-order valence-electron chi connectivity index (χ3n) is 4.94. The summed E-state index contributed by atoms with van der Waals surface area (Å²) < 4.78 is 0. The summed E-state index contributed by atoms with van der Waals surface area (Å²) >= 11 is 0. The van der Waals surface area contributed by atoms with Crippen LogP contribution in [0.15, 0.2) is 0 Å². The number of carboxylic acids is 1. The molecule has 5 heteroatoms. The first kappa shape index (κ1) is 12.6. The maximum absolute atomic E-state index is 12.2. The minimum absolute atomic E-state index is 0.157. The van der Waals surface area contributed by atoms with Crippen LogP contribution in [0.4, 0.5) is 0 Å². The first-order valence-electron chi connectivity index (χ1n) is 7.11. The molecule has 1 N–H and O–H groups in total. The quantitative estimate of drug-likeness (QED) is 0.805. The number of Topliss-reactive ketones (excluding diaryl/α,β-unsaturated/α-hetero) is 1. The van der Waals surface area contributed by atoms with Crippen molar-refractivity contribution < 1.29 is 19.5 Å². The highest BCUT2D eigenvalue weighted by atomic mass is 16.4. The number of likely N-dealkylation sites (tertiary alicyclic amines) is 1. The molecule has 1 saturated heterocycles. The first-order valence-corrected chi connectivity index (χ1v) is 7.11. The molecule has 0 aromatic carbocycles. The molecule has 0 aromatic rings. The van der Waals surface area contributed by atoms with Crippen LogP contribution >= 0.6 is 0 Å². The van der Waals surface area contributed by atoms with Gasteiger partial charge in [0, 0.05) is 30.8 Å². The Morgan fingerprint density at radius 2 is 1.63 bits per heavy atom. The molecule has 0 aromatic heterocycles. The van der Waals surface area contributed by atoms with Gasteiger partial charge in [-0.05, 0) is 25.7 Å². The van der Waals surface area contributed by atoms with Gasteiger partial charge in [-0.15, -0.1) is 0 Å². The van der Waals surface area contributed by atoms with Crippen molar-refractivity contribution in [3.8, 4) is 0 Å². The second kappa shape index (κ2) is 4.62. The smallest absolute Gasteiger partial charge is 0.306 e. The van der Waals surface area contributed by atoms with Crippen LogP contribution in [0, 0.1) is 23.7 Å². The lowest BCUT2D eigenvalue weighted by Gasteiger charge is -2.43. The van der Waals surface area contributed by atoms with Crippen molar-refractivity contribution in [2.75, 3.05) is 13.1 Å². The van der Waals surface area contributed by atoms with Gasteiger partial charge in [-0.25, -0.2) is 0 Å². The van der Waals surface area contributed by atoms with Crippen LogP contribution in [0.1, 0.15) is 32.1 Å². The molecule has 3 rings (SSSR count). The van der Waals surface area contributed by atoms with E-state index in [0.29, 0.717) is 25.9 Å². The number of carbonyl (C=O) groups is 3. The summed E-state index contributed by atoms with van der Waals surface area (Å²) in [6, 6.07) is 0. The zero-order valence-corrected chi connectivity index (χ0v) is 10.9. The van der Waals surface area contributed by atoms with E-state index < -0.39 is 11.9 Å². The molecule has 5 nitrogen and oxygen atoms in total. The average molecular weight is 265 g/mol. The Labute approximate surface area is 112 Å². The van der Waals surface area contributed by atoms with Crippen molar-refractivity contribution in [1.82, 2.24) is 4.90 Å². The zero-order chi connectivity index (χ0) is 13.6. The molecule has 2 saturated carbocycles. The number of hydrogen-bond donors (Lipinski definition) is 1. The largest absolute Gasteiger partial charge is 0.481 e. The Hall–Kier alpha value is -1.39. The fraction of sp³-hybridized carbons (Fsp3) is 0.786. The second-order valence-corrected chi connectivity index (χ2v) is 6.17. The van der Waals surface area contributed by atoms with Gasteiger partial charge >= 0.3 is 5.97 Å². The summed E-state index contributed by atoms with van der Waals surface area (Å²) in [6.45, 7) is 0.878. The highest BCUT2D eigenvalue weighted by Gasteiger charge is 2.46. The van der Waals surface area contributed by atoms with Crippen LogP contribution in [0.25, 0.3) is 0 Å². The van der Waals surface area contributed by atoms with Gasteiger partial charge in [-0.1, -0.05) is 6.42 Å². The van der Waals surface area contributed by atoms with Gasteiger partial charge < -0.3 is 10.0 Å². The summed E-state index contributed by atoms with van der Waals surface area (Å²) in [5, 5.41) is 9.10. The number of rotatable bonds is 2. The molecule has 1 heterocycles. The second-order valence-electron chi connectivity index (χ2n) is 6.17. The Morgan fingerprint density at radius 1 is 1.05 bits per heavy atom. The van der Waals surface area contributed by atoms with Crippen LogP contribution in [0.2, 0.25) is 0 Å². The van der Waals surface area contributed by atoms with Gasteiger partial charge in [0.15, 0.2) is 0 Å². The molecule has 3 aliphatic rings. The molecule has 1 amide bonds. The highest BCUT2D eigenvalue weighted by molar-refractivity contribution is 5.90. The summed E-state index contributed by atoms with van der Waals surface area (Å²) in [5.74, 6) is -1.20. The van der Waals surface area contributed by atoms with E-state index in [9.17, 15) is 14.4 Å². The van der Waals surface area contributed by atoms with Crippen LogP contribution in [-0.4, -0.2) is 40.8 Å². The fourth-order valence-electron chi connectivity index (χ4n) is 3.58. The topological polar surface area (TPSA) is 74.7 Å². The standard InChI is InChI=1S/C14H19NO4/c16-12-10-4-9(14(18)19)5-11(12)7-15(6-10)13(17)8-2-1-3-8/h8-11H,1-7H2,(H,18,19). The Balaban J connectivity index is 1.70. The molecule has 2 atom stereocenters. The van der Waals surface area contributed by atoms with Gasteiger partial charge in [-0.3, -0.25) is 14.4 Å². The summed E-state index contributed by atoms with van der Waals surface area (Å²) in [4.78, 5) is 37.2. The first-order chi connectivity index (χ1) is 9.06. The average Bonchev–Trinajstić information content (AvgIpc) is 2.25. The van der Waals surface area contributed by atoms with Gasteiger partial charge in [0.1, 0.15) is 5.78 Å². The number of ketones is 1. The van der Waals surface area contributed by atoms with Crippen LogP contribution in [0.3, 0.4) is 0 Å². The Bertz CT molecular complexity index is 411. The molecule has 2 bridgehead atoms. The number of hydrogen-bond acceptors (Lipinski definition) is 3. The Kier molecular flexibility index (Phi) is 3.07. The van der Waals surface area contributed by atoms with Gasteiger partial charge in [0.2, 0.25) is 5.91 Å². The number of carboxylic acid groups (broad SMARTS) is 1. The number of aliphatic carboxylic acids is 1. The normalized spacial score (nSPS) is 34.8. The molecule has 104 valence electrons. The van der Waals surface area contributed by atoms with Crippen molar-refractivity contribution in [2.24, 2.45) is 23.7 Å². The molecule has 0 spiro atoms. The van der Waals surface area contributed by atoms with Crippen molar-refractivity contribution >= 4 is 17.7 Å². The van der Waals surface area contributed by atoms with Crippen molar-refractivity contribution in [1.29, 1.82) is 0 Å². The molecule has 2 aliphatic carbocycles. The number of piperidine rings is 1. The predicted molar refractivity (Wildman–Crippen MR) is 66.3 cm³/mol. The summed E-state index contributed by atoms with van der Waals surface area (Å²) in [5.41, 5.74) is 0. The molecular weight excluding hydrogens is 246 g/mol. The van der Waals surface area contributed by atoms with Crippen LogP contribution in [0.5, 0.6) is 0 Å². The minimum Gasteiger partial charge on any atom is -0.481 e. The van der Waals surface area contributed by atoms with E-state index in [2.05, 4.69) is 0 Å². The third-order valence-corrected chi connectivity index (χ3v) is 4.94. The van der Waals surface area contributed by atoms with E-state index in [0.717, 1.165) is 19.3 Å². The lowest BCUT2D eigenvalue weighted by molar-refractivity contribution is -0.153. The lowest BCUT2D eigenvalue weighted by atomic mass is 9.71. The van der Waals surface area contributed by atoms with Gasteiger partial charge in [-0.2, -0.15) is 0 Å². The van der Waals surface area contributed by atoms with Crippen LogP contribution in [-0.2, 0) is 14.4 Å². The molecule has 1 aliphatic heterocycles. The van der Waals surface area contributed by atoms with E-state index in [4.69, 9.17) is 5.11 Å². The molecular formula is C14H19NO4. The van der Waals surface area contributed by atoms with Gasteiger partial charge in [0.05, 0.1) is 5.92 Å². The van der Waals surface area contributed by atoms with E-state index in [1.165, 1.54) is 0 Å². The SMILES string of the molecule is O=C(O)C1CC2CN(C(=O)C3CCC3)CC(C1)C2=O. The van der Waals surface area contributed by atoms with E-state index in [-0.39, 0.29) is 29.4 Å². The molecule has 3 fully saturated rings. The fourth-order valence-corrected chi connectivity index (χ4v) is 3.58. The van der Waals surface area contributed by atoms with Crippen molar-refractivity contribution in [3.05, 3.63) is 0 Å². The number of carbonyl (C=O) groups excluding carboxylic acids is 2. The summed E-state index contributed by atoms with van der Waals surface area (Å²) in [6.07, 6.45) is 3.86. The van der Waals surface area contributed by atoms with Crippen molar-refractivity contribution in [3.63, 3.8) is 0 Å². The zero-order valence-electron chi connectivity index (χ0n) is 10.9. The predicted octanol–water partition coefficient (Wildman–Crippen LogP) is 0.925. The number of nitrogens with zero attached hydrogens (tertiary/aromatic N) is 1. The maximum Gasteiger partial charge on any atom is 0.306 e. The number of fused-ring (bicyclic) bond motifs is 2. The van der Waals surface area contributed by atoms with E-state index in [1.807, 2.05) is 4.90 Å². The molecule has 0 radical (unpaired) electrons. The highest BCUT2D eigenvalue weighted by Crippen LogP contribution is 2.37. The van der Waals surface area contributed by atoms with Crippen LogP contribution < -0.4 is 0 Å². The molecule has 19 heavy (non-hydrogen) atoms.